The van der Waals surface area contributed by atoms with E-state index in [2.05, 4.69) is 12.2 Å². The zero-order chi connectivity index (χ0) is 15.1. The van der Waals surface area contributed by atoms with Gasteiger partial charge in [0.15, 0.2) is 0 Å². The first kappa shape index (κ1) is 19.2. The highest BCUT2D eigenvalue weighted by Crippen LogP contribution is 2.07. The van der Waals surface area contributed by atoms with E-state index in [9.17, 15) is 4.79 Å². The molecule has 0 unspecified atom stereocenters. The summed E-state index contributed by atoms with van der Waals surface area (Å²) in [5, 5.41) is 20.8. The Morgan fingerprint density at radius 1 is 0.950 bits per heavy atom. The van der Waals surface area contributed by atoms with Crippen LogP contribution in [0.3, 0.4) is 0 Å². The highest BCUT2D eigenvalue weighted by Gasteiger charge is 2.09. The smallest absolute Gasteiger partial charge is 0.407 e. The van der Waals surface area contributed by atoms with Gasteiger partial charge in [-0.1, -0.05) is 51.9 Å². The van der Waals surface area contributed by atoms with Crippen molar-refractivity contribution in [3.8, 4) is 0 Å². The molecule has 0 aliphatic carbocycles. The van der Waals surface area contributed by atoms with Gasteiger partial charge in [0, 0.05) is 19.6 Å². The van der Waals surface area contributed by atoms with Crippen molar-refractivity contribution in [3.63, 3.8) is 0 Å². The molecule has 0 radical (unpaired) electrons. The van der Waals surface area contributed by atoms with Gasteiger partial charge in [-0.25, -0.2) is 4.79 Å². The topological polar surface area (TPSA) is 72.8 Å². The zero-order valence-corrected chi connectivity index (χ0v) is 12.9. The van der Waals surface area contributed by atoms with Gasteiger partial charge in [-0.3, -0.25) is 0 Å². The molecular formula is C15H32N2O3. The van der Waals surface area contributed by atoms with Crippen LogP contribution in [0.5, 0.6) is 0 Å². The first-order valence-corrected chi connectivity index (χ1v) is 8.01. The SMILES string of the molecule is CCCCCCCCCCNCCN(CCO)C(=O)O. The van der Waals surface area contributed by atoms with Crippen LogP contribution in [0.4, 0.5) is 4.79 Å². The highest BCUT2D eigenvalue weighted by atomic mass is 16.4. The number of nitrogens with one attached hydrogen (secondary N) is 1. The second-order valence-corrected chi connectivity index (χ2v) is 5.22. The van der Waals surface area contributed by atoms with Crippen LogP contribution in [-0.2, 0) is 0 Å². The van der Waals surface area contributed by atoms with Gasteiger partial charge >= 0.3 is 6.09 Å². The number of carboxylic acid groups (broad SMARTS) is 1. The molecule has 0 aromatic rings. The van der Waals surface area contributed by atoms with Crippen LogP contribution in [-0.4, -0.2) is 54.0 Å². The van der Waals surface area contributed by atoms with Gasteiger partial charge in [0.2, 0.25) is 0 Å². The maximum absolute atomic E-state index is 10.8. The predicted octanol–water partition coefficient (Wildman–Crippen LogP) is 2.69. The van der Waals surface area contributed by atoms with Crippen molar-refractivity contribution < 1.29 is 15.0 Å². The molecule has 0 aliphatic rings. The van der Waals surface area contributed by atoms with Crippen LogP contribution in [0.2, 0.25) is 0 Å². The molecule has 0 saturated carbocycles. The summed E-state index contributed by atoms with van der Waals surface area (Å²) in [6.07, 6.45) is 9.46. The quantitative estimate of drug-likeness (QED) is 0.430. The van der Waals surface area contributed by atoms with Gasteiger partial charge < -0.3 is 20.4 Å². The average Bonchev–Trinajstić information content (AvgIpc) is 2.43. The van der Waals surface area contributed by atoms with E-state index in [1.807, 2.05) is 0 Å². The van der Waals surface area contributed by atoms with E-state index in [0.717, 1.165) is 13.0 Å². The molecule has 5 nitrogen and oxygen atoms in total. The van der Waals surface area contributed by atoms with Crippen LogP contribution in [0.25, 0.3) is 0 Å². The monoisotopic (exact) mass is 288 g/mol. The molecule has 5 heteroatoms. The van der Waals surface area contributed by atoms with Gasteiger partial charge in [-0.05, 0) is 13.0 Å². The van der Waals surface area contributed by atoms with Crippen LogP contribution >= 0.6 is 0 Å². The second-order valence-electron chi connectivity index (χ2n) is 5.22. The lowest BCUT2D eigenvalue weighted by Crippen LogP contribution is -2.37. The van der Waals surface area contributed by atoms with Crippen molar-refractivity contribution in [1.82, 2.24) is 10.2 Å². The fourth-order valence-electron chi connectivity index (χ4n) is 2.15. The number of carbonyl (C=O) groups is 1. The van der Waals surface area contributed by atoms with Crippen molar-refractivity contribution in [2.45, 2.75) is 58.3 Å². The Morgan fingerprint density at radius 3 is 2.10 bits per heavy atom. The molecular weight excluding hydrogens is 256 g/mol. The minimum atomic E-state index is -0.965. The van der Waals surface area contributed by atoms with E-state index in [4.69, 9.17) is 10.2 Å². The van der Waals surface area contributed by atoms with Crippen molar-refractivity contribution in [3.05, 3.63) is 0 Å². The lowest BCUT2D eigenvalue weighted by molar-refractivity contribution is 0.132. The number of hydrogen-bond donors (Lipinski definition) is 3. The van der Waals surface area contributed by atoms with Gasteiger partial charge in [0.1, 0.15) is 0 Å². The predicted molar refractivity (Wildman–Crippen MR) is 82.2 cm³/mol. The maximum atomic E-state index is 10.8. The van der Waals surface area contributed by atoms with Crippen LogP contribution in [0.1, 0.15) is 58.3 Å². The van der Waals surface area contributed by atoms with E-state index in [1.165, 1.54) is 49.8 Å². The summed E-state index contributed by atoms with van der Waals surface area (Å²) in [6.45, 7) is 4.34. The third kappa shape index (κ3) is 12.2. The minimum absolute atomic E-state index is 0.121. The van der Waals surface area contributed by atoms with E-state index in [1.54, 1.807) is 0 Å². The Hall–Kier alpha value is -0.810. The summed E-state index contributed by atoms with van der Waals surface area (Å²) >= 11 is 0. The van der Waals surface area contributed by atoms with Gasteiger partial charge in [-0.2, -0.15) is 0 Å². The molecule has 0 aliphatic heterocycles. The number of amides is 1. The fraction of sp³-hybridized carbons (Fsp3) is 0.933. The third-order valence-electron chi connectivity index (χ3n) is 3.41. The Kier molecular flexibility index (Phi) is 14.0. The molecule has 0 aromatic carbocycles. The van der Waals surface area contributed by atoms with Crippen molar-refractivity contribution in [2.24, 2.45) is 0 Å². The third-order valence-corrected chi connectivity index (χ3v) is 3.41. The first-order chi connectivity index (χ1) is 9.72. The molecule has 3 N–H and O–H groups in total. The average molecular weight is 288 g/mol. The van der Waals surface area contributed by atoms with Crippen molar-refractivity contribution in [2.75, 3.05) is 32.8 Å². The number of hydrogen-bond acceptors (Lipinski definition) is 3. The number of nitrogens with zero attached hydrogens (tertiary/aromatic N) is 1. The molecule has 120 valence electrons. The summed E-state index contributed by atoms with van der Waals surface area (Å²) in [5.74, 6) is 0. The Labute approximate surface area is 123 Å². The van der Waals surface area contributed by atoms with E-state index in [0.29, 0.717) is 13.1 Å². The minimum Gasteiger partial charge on any atom is -0.465 e. The summed E-state index contributed by atoms with van der Waals surface area (Å²) < 4.78 is 0. The normalized spacial score (nSPS) is 10.7. The summed E-state index contributed by atoms with van der Waals surface area (Å²) in [5.41, 5.74) is 0. The summed E-state index contributed by atoms with van der Waals surface area (Å²) in [6, 6.07) is 0. The largest absolute Gasteiger partial charge is 0.465 e. The standard InChI is InChI=1S/C15H32N2O3/c1-2-3-4-5-6-7-8-9-10-16-11-12-17(13-14-18)15(19)20/h16,18H,2-14H2,1H3,(H,19,20). The molecule has 0 atom stereocenters. The molecule has 0 rings (SSSR count). The lowest BCUT2D eigenvalue weighted by atomic mass is 10.1. The summed E-state index contributed by atoms with van der Waals surface area (Å²) in [4.78, 5) is 12.0. The molecule has 0 fully saturated rings. The van der Waals surface area contributed by atoms with E-state index in [-0.39, 0.29) is 13.2 Å². The number of aliphatic hydroxyl groups excluding tert-OH is 1. The molecule has 0 aromatic heterocycles. The Bertz CT molecular complexity index is 225. The van der Waals surface area contributed by atoms with Crippen molar-refractivity contribution >= 4 is 6.09 Å². The molecule has 1 amide bonds. The summed E-state index contributed by atoms with van der Waals surface area (Å²) in [7, 11) is 0. The maximum Gasteiger partial charge on any atom is 0.407 e. The van der Waals surface area contributed by atoms with Crippen molar-refractivity contribution in [1.29, 1.82) is 0 Å². The molecule has 0 spiro atoms. The van der Waals surface area contributed by atoms with Gasteiger partial charge in [0.25, 0.3) is 0 Å². The number of unbranched alkanes of at least 4 members (excludes halogenated alkanes) is 7. The molecule has 0 saturated heterocycles. The highest BCUT2D eigenvalue weighted by molar-refractivity contribution is 5.64. The zero-order valence-electron chi connectivity index (χ0n) is 12.9. The lowest BCUT2D eigenvalue weighted by Gasteiger charge is -2.17. The van der Waals surface area contributed by atoms with E-state index < -0.39 is 6.09 Å². The van der Waals surface area contributed by atoms with Crippen LogP contribution in [0.15, 0.2) is 0 Å². The molecule has 20 heavy (non-hydrogen) atoms. The Morgan fingerprint density at radius 2 is 1.55 bits per heavy atom. The van der Waals surface area contributed by atoms with E-state index >= 15 is 0 Å². The van der Waals surface area contributed by atoms with Crippen LogP contribution < -0.4 is 5.32 Å². The fourth-order valence-corrected chi connectivity index (χ4v) is 2.15. The van der Waals surface area contributed by atoms with Gasteiger partial charge in [-0.15, -0.1) is 0 Å². The van der Waals surface area contributed by atoms with Crippen LogP contribution in [0, 0.1) is 0 Å². The van der Waals surface area contributed by atoms with Gasteiger partial charge in [0.05, 0.1) is 6.61 Å². The molecule has 0 heterocycles. The first-order valence-electron chi connectivity index (χ1n) is 8.01. The number of rotatable bonds is 14. The Balaban J connectivity index is 3.25. The molecule has 0 bridgehead atoms. The second kappa shape index (κ2) is 14.6. The number of aliphatic hydroxyl groups is 1.